The fourth-order valence-electron chi connectivity index (χ4n) is 1.67. The summed E-state index contributed by atoms with van der Waals surface area (Å²) >= 11 is 11.9. The molecule has 3 N–H and O–H groups in total. The minimum Gasteiger partial charge on any atom is -0.478 e. The van der Waals surface area contributed by atoms with Gasteiger partial charge in [0.25, 0.3) is 0 Å². The van der Waals surface area contributed by atoms with E-state index in [1.54, 1.807) is 0 Å². The van der Waals surface area contributed by atoms with Crippen molar-refractivity contribution in [3.05, 3.63) is 27.7 Å². The summed E-state index contributed by atoms with van der Waals surface area (Å²) in [6.45, 7) is 5.98. The van der Waals surface area contributed by atoms with Gasteiger partial charge in [0.1, 0.15) is 0 Å². The topological polar surface area (TPSA) is 78.4 Å². The summed E-state index contributed by atoms with van der Waals surface area (Å²) in [6.07, 6.45) is 0.941. The van der Waals surface area contributed by atoms with E-state index in [4.69, 9.17) is 28.3 Å². The quantitative estimate of drug-likeness (QED) is 0.754. The molecule has 0 spiro atoms. The normalized spacial score (nSPS) is 13.4. The number of hydrogen-bond donors (Lipinski definition) is 3. The van der Waals surface area contributed by atoms with Crippen LogP contribution in [0.15, 0.2) is 12.1 Å². The van der Waals surface area contributed by atoms with Gasteiger partial charge in [0.05, 0.1) is 21.3 Å². The lowest BCUT2D eigenvalue weighted by atomic mass is 10.0. The average Bonchev–Trinajstić information content (AvgIpc) is 2.41. The van der Waals surface area contributed by atoms with Gasteiger partial charge in [-0.05, 0) is 25.0 Å². The Balaban J connectivity index is 2.84. The van der Waals surface area contributed by atoms with Crippen LogP contribution in [0.2, 0.25) is 10.0 Å². The number of benzene rings is 1. The summed E-state index contributed by atoms with van der Waals surface area (Å²) in [5, 5.41) is 14.4. The van der Waals surface area contributed by atoms with Gasteiger partial charge in [0, 0.05) is 6.04 Å². The molecule has 0 aliphatic rings. The zero-order valence-corrected chi connectivity index (χ0v) is 13.5. The Kier molecular flexibility index (Phi) is 6.30. The predicted molar refractivity (Wildman–Crippen MR) is 84.5 cm³/mol. The van der Waals surface area contributed by atoms with Gasteiger partial charge in [-0.15, -0.1) is 0 Å². The highest BCUT2D eigenvalue weighted by atomic mass is 35.5. The molecular formula is C14H18Cl2N2O3. The highest BCUT2D eigenvalue weighted by Crippen LogP contribution is 2.31. The van der Waals surface area contributed by atoms with E-state index in [2.05, 4.69) is 10.6 Å². The van der Waals surface area contributed by atoms with Crippen LogP contribution in [-0.4, -0.2) is 23.1 Å². The lowest BCUT2D eigenvalue weighted by Crippen LogP contribution is -2.39. The fraction of sp³-hybridized carbons (Fsp3) is 0.429. The number of nitrogens with one attached hydrogen (secondary N) is 2. The lowest BCUT2D eigenvalue weighted by Gasteiger charge is -2.20. The van der Waals surface area contributed by atoms with E-state index in [1.165, 1.54) is 12.1 Å². The van der Waals surface area contributed by atoms with E-state index in [1.807, 2.05) is 20.8 Å². The SMILES string of the molecule is CCC(C)C(C)NC(=O)Nc1c(Cl)cc(C(=O)O)cc1Cl. The van der Waals surface area contributed by atoms with Crippen molar-refractivity contribution in [3.8, 4) is 0 Å². The van der Waals surface area contributed by atoms with Crippen molar-refractivity contribution in [2.24, 2.45) is 5.92 Å². The molecule has 0 aliphatic heterocycles. The molecule has 0 aromatic heterocycles. The first kappa shape index (κ1) is 17.6. The maximum atomic E-state index is 11.9. The number of amides is 2. The van der Waals surface area contributed by atoms with Crippen LogP contribution in [0.4, 0.5) is 10.5 Å². The van der Waals surface area contributed by atoms with Gasteiger partial charge >= 0.3 is 12.0 Å². The third-order valence-electron chi connectivity index (χ3n) is 3.38. The van der Waals surface area contributed by atoms with Gasteiger partial charge in [-0.25, -0.2) is 9.59 Å². The van der Waals surface area contributed by atoms with Gasteiger partial charge in [0.2, 0.25) is 0 Å². The number of carboxylic acids is 1. The maximum Gasteiger partial charge on any atom is 0.335 e. The molecule has 0 saturated heterocycles. The number of aromatic carboxylic acids is 1. The van der Waals surface area contributed by atoms with Gasteiger partial charge < -0.3 is 15.7 Å². The van der Waals surface area contributed by atoms with Crippen molar-refractivity contribution in [3.63, 3.8) is 0 Å². The molecule has 2 unspecified atom stereocenters. The van der Waals surface area contributed by atoms with Crippen molar-refractivity contribution in [2.75, 3.05) is 5.32 Å². The van der Waals surface area contributed by atoms with Crippen LogP contribution in [-0.2, 0) is 0 Å². The number of urea groups is 1. The standard InChI is InChI=1S/C14H18Cl2N2O3/c1-4-7(2)8(3)17-14(21)18-12-10(15)5-9(13(19)20)6-11(12)16/h5-8H,4H2,1-3H3,(H,19,20)(H2,17,18,21). The zero-order chi connectivity index (χ0) is 16.2. The number of rotatable bonds is 5. The molecule has 7 heteroatoms. The van der Waals surface area contributed by atoms with Crippen molar-refractivity contribution in [2.45, 2.75) is 33.2 Å². The number of hydrogen-bond acceptors (Lipinski definition) is 2. The van der Waals surface area contributed by atoms with Crippen LogP contribution in [0, 0.1) is 5.92 Å². The first-order valence-electron chi connectivity index (χ1n) is 6.56. The molecule has 116 valence electrons. The minimum absolute atomic E-state index is 0.00848. The Hall–Kier alpha value is -1.46. The molecule has 1 aromatic carbocycles. The first-order chi connectivity index (χ1) is 9.76. The van der Waals surface area contributed by atoms with Crippen molar-refractivity contribution in [1.29, 1.82) is 0 Å². The molecule has 0 fully saturated rings. The molecule has 0 radical (unpaired) electrons. The molecule has 2 amide bonds. The lowest BCUT2D eigenvalue weighted by molar-refractivity contribution is 0.0697. The summed E-state index contributed by atoms with van der Waals surface area (Å²) in [7, 11) is 0. The number of anilines is 1. The van der Waals surface area contributed by atoms with Crippen molar-refractivity contribution < 1.29 is 14.7 Å². The highest BCUT2D eigenvalue weighted by molar-refractivity contribution is 6.40. The average molecular weight is 333 g/mol. The summed E-state index contributed by atoms with van der Waals surface area (Å²) in [4.78, 5) is 22.8. The molecule has 0 bridgehead atoms. The number of halogens is 2. The Morgan fingerprint density at radius 3 is 2.19 bits per heavy atom. The minimum atomic E-state index is -1.14. The second-order valence-corrected chi connectivity index (χ2v) is 5.71. The number of carbonyl (C=O) groups is 2. The van der Waals surface area contributed by atoms with E-state index in [0.29, 0.717) is 5.92 Å². The first-order valence-corrected chi connectivity index (χ1v) is 7.31. The van der Waals surface area contributed by atoms with Crippen LogP contribution >= 0.6 is 23.2 Å². The molecule has 1 rings (SSSR count). The van der Waals surface area contributed by atoms with Crippen molar-refractivity contribution in [1.82, 2.24) is 5.32 Å². The van der Waals surface area contributed by atoms with Gasteiger partial charge in [-0.3, -0.25) is 0 Å². The van der Waals surface area contributed by atoms with E-state index in [9.17, 15) is 9.59 Å². The zero-order valence-electron chi connectivity index (χ0n) is 12.0. The van der Waals surface area contributed by atoms with E-state index in [-0.39, 0.29) is 27.3 Å². The van der Waals surface area contributed by atoms with Crippen molar-refractivity contribution >= 4 is 40.9 Å². The monoisotopic (exact) mass is 332 g/mol. The Morgan fingerprint density at radius 2 is 1.76 bits per heavy atom. The van der Waals surface area contributed by atoms with E-state index in [0.717, 1.165) is 6.42 Å². The number of carbonyl (C=O) groups excluding carboxylic acids is 1. The molecule has 0 heterocycles. The Labute approximate surface area is 133 Å². The van der Waals surface area contributed by atoms with Gasteiger partial charge in [0.15, 0.2) is 0 Å². The van der Waals surface area contributed by atoms with Crippen LogP contribution in [0.1, 0.15) is 37.6 Å². The molecular weight excluding hydrogens is 315 g/mol. The summed E-state index contributed by atoms with van der Waals surface area (Å²) in [6, 6.07) is 2.04. The third kappa shape index (κ3) is 4.79. The third-order valence-corrected chi connectivity index (χ3v) is 3.98. The van der Waals surface area contributed by atoms with Crippen LogP contribution < -0.4 is 10.6 Å². The summed E-state index contributed by atoms with van der Waals surface area (Å²) < 4.78 is 0. The summed E-state index contributed by atoms with van der Waals surface area (Å²) in [5.41, 5.74) is 0.154. The molecule has 1 aromatic rings. The van der Waals surface area contributed by atoms with Crippen LogP contribution in [0.5, 0.6) is 0 Å². The van der Waals surface area contributed by atoms with Gasteiger partial charge in [-0.1, -0.05) is 43.5 Å². The fourth-order valence-corrected chi connectivity index (χ4v) is 2.25. The van der Waals surface area contributed by atoms with Crippen LogP contribution in [0.3, 0.4) is 0 Å². The second-order valence-electron chi connectivity index (χ2n) is 4.89. The summed E-state index contributed by atoms with van der Waals surface area (Å²) in [5.74, 6) is -0.809. The highest BCUT2D eigenvalue weighted by Gasteiger charge is 2.17. The molecule has 5 nitrogen and oxygen atoms in total. The Morgan fingerprint density at radius 1 is 1.24 bits per heavy atom. The maximum absolute atomic E-state index is 11.9. The van der Waals surface area contributed by atoms with E-state index >= 15 is 0 Å². The van der Waals surface area contributed by atoms with E-state index < -0.39 is 12.0 Å². The molecule has 21 heavy (non-hydrogen) atoms. The molecule has 2 atom stereocenters. The smallest absolute Gasteiger partial charge is 0.335 e. The van der Waals surface area contributed by atoms with Gasteiger partial charge in [-0.2, -0.15) is 0 Å². The second kappa shape index (κ2) is 7.52. The Bertz CT molecular complexity index is 526. The largest absolute Gasteiger partial charge is 0.478 e. The molecule has 0 aliphatic carbocycles. The predicted octanol–water partition coefficient (Wildman–Crippen LogP) is 4.25. The number of carboxylic acid groups (broad SMARTS) is 1. The molecule has 0 saturated carbocycles. The van der Waals surface area contributed by atoms with Crippen LogP contribution in [0.25, 0.3) is 0 Å².